The smallest absolute Gasteiger partial charge is 0.260 e. The summed E-state index contributed by atoms with van der Waals surface area (Å²) in [4.78, 5) is 19.7. The minimum absolute atomic E-state index is 0.00653. The first-order chi connectivity index (χ1) is 13.2. The molecule has 2 heterocycles. The first-order valence-corrected chi connectivity index (χ1v) is 10.0. The molecule has 1 fully saturated rings. The fourth-order valence-electron chi connectivity index (χ4n) is 3.38. The normalized spacial score (nSPS) is 16.7. The van der Waals surface area contributed by atoms with Gasteiger partial charge in [0.15, 0.2) is 5.13 Å². The number of aryl methyl sites for hydroxylation is 1. The van der Waals surface area contributed by atoms with E-state index in [0.29, 0.717) is 17.2 Å². The van der Waals surface area contributed by atoms with Crippen LogP contribution >= 0.6 is 11.3 Å². The summed E-state index contributed by atoms with van der Waals surface area (Å²) in [6, 6.07) is 11.8. The molecule has 0 N–H and O–H groups in total. The highest BCUT2D eigenvalue weighted by molar-refractivity contribution is 7.22. The number of amides is 1. The number of hydrogen-bond acceptors (Lipinski definition) is 4. The minimum Gasteiger partial charge on any atom is -0.376 e. The first kappa shape index (κ1) is 18.1. The highest BCUT2D eigenvalue weighted by Crippen LogP contribution is 2.32. The van der Waals surface area contributed by atoms with E-state index in [4.69, 9.17) is 9.72 Å². The van der Waals surface area contributed by atoms with Crippen LogP contribution in [0.4, 0.5) is 9.52 Å². The third kappa shape index (κ3) is 3.73. The number of benzene rings is 2. The van der Waals surface area contributed by atoms with Gasteiger partial charge in [0.1, 0.15) is 5.82 Å². The van der Waals surface area contributed by atoms with Gasteiger partial charge in [-0.1, -0.05) is 30.4 Å². The molecule has 0 bridgehead atoms. The van der Waals surface area contributed by atoms with Crippen LogP contribution in [0.3, 0.4) is 0 Å². The highest BCUT2D eigenvalue weighted by Gasteiger charge is 2.27. The van der Waals surface area contributed by atoms with E-state index in [2.05, 4.69) is 13.0 Å². The van der Waals surface area contributed by atoms with Crippen LogP contribution in [0.2, 0.25) is 0 Å². The lowest BCUT2D eigenvalue weighted by Gasteiger charge is -2.23. The van der Waals surface area contributed by atoms with Crippen molar-refractivity contribution in [3.8, 4) is 0 Å². The predicted molar refractivity (Wildman–Crippen MR) is 106 cm³/mol. The maximum absolute atomic E-state index is 13.3. The van der Waals surface area contributed by atoms with E-state index in [0.717, 1.165) is 36.1 Å². The van der Waals surface area contributed by atoms with Crippen LogP contribution in [-0.4, -0.2) is 30.1 Å². The molecule has 140 valence electrons. The van der Waals surface area contributed by atoms with Crippen LogP contribution in [0.5, 0.6) is 0 Å². The number of fused-ring (bicyclic) bond motifs is 1. The topological polar surface area (TPSA) is 42.4 Å². The van der Waals surface area contributed by atoms with Gasteiger partial charge in [-0.15, -0.1) is 0 Å². The van der Waals surface area contributed by atoms with E-state index < -0.39 is 0 Å². The molecule has 27 heavy (non-hydrogen) atoms. The Morgan fingerprint density at radius 1 is 1.30 bits per heavy atom. The van der Waals surface area contributed by atoms with Crippen LogP contribution in [0, 0.1) is 5.82 Å². The van der Waals surface area contributed by atoms with Gasteiger partial charge in [-0.05, 0) is 55.2 Å². The van der Waals surface area contributed by atoms with Crippen molar-refractivity contribution in [1.29, 1.82) is 0 Å². The van der Waals surface area contributed by atoms with E-state index in [9.17, 15) is 9.18 Å². The third-order valence-electron chi connectivity index (χ3n) is 4.85. The molecule has 1 unspecified atom stereocenters. The number of thiazole rings is 1. The summed E-state index contributed by atoms with van der Waals surface area (Å²) in [6.45, 7) is 3.28. The standard InChI is InChI=1S/C21H21FN2O2S/c1-2-14-5-3-7-18-19(14)23-21(27-18)24(13-17-6-4-12-26-17)20(25)15-8-10-16(22)11-9-15/h3,5,7-11,17H,2,4,6,12-13H2,1H3. The van der Waals surface area contributed by atoms with E-state index >= 15 is 0 Å². The summed E-state index contributed by atoms with van der Waals surface area (Å²) < 4.78 is 20.1. The molecule has 0 saturated carbocycles. The van der Waals surface area contributed by atoms with Crippen molar-refractivity contribution in [2.24, 2.45) is 0 Å². The summed E-state index contributed by atoms with van der Waals surface area (Å²) in [5.74, 6) is -0.535. The predicted octanol–water partition coefficient (Wildman–Crippen LogP) is 4.82. The molecule has 1 atom stereocenters. The first-order valence-electron chi connectivity index (χ1n) is 9.23. The number of aromatic nitrogens is 1. The Balaban J connectivity index is 1.73. The van der Waals surface area contributed by atoms with Gasteiger partial charge >= 0.3 is 0 Å². The van der Waals surface area contributed by atoms with Gasteiger partial charge in [-0.25, -0.2) is 9.37 Å². The summed E-state index contributed by atoms with van der Waals surface area (Å²) in [7, 11) is 0. The van der Waals surface area contributed by atoms with Crippen LogP contribution < -0.4 is 4.90 Å². The second kappa shape index (κ2) is 7.74. The van der Waals surface area contributed by atoms with Crippen molar-refractivity contribution in [2.45, 2.75) is 32.3 Å². The van der Waals surface area contributed by atoms with E-state index in [-0.39, 0.29) is 17.8 Å². The molecular weight excluding hydrogens is 363 g/mol. The van der Waals surface area contributed by atoms with Gasteiger partial charge in [0, 0.05) is 12.2 Å². The van der Waals surface area contributed by atoms with Gasteiger partial charge in [-0.3, -0.25) is 9.69 Å². The Morgan fingerprint density at radius 2 is 2.11 bits per heavy atom. The van der Waals surface area contributed by atoms with Crippen LogP contribution in [0.15, 0.2) is 42.5 Å². The average Bonchev–Trinajstić information content (AvgIpc) is 3.35. The van der Waals surface area contributed by atoms with Gasteiger partial charge in [0.2, 0.25) is 0 Å². The second-order valence-corrected chi connectivity index (χ2v) is 7.68. The Morgan fingerprint density at radius 3 is 2.81 bits per heavy atom. The molecule has 0 spiro atoms. The molecule has 1 aromatic heterocycles. The van der Waals surface area contributed by atoms with Gasteiger partial charge in [-0.2, -0.15) is 0 Å². The summed E-state index contributed by atoms with van der Waals surface area (Å²) >= 11 is 1.51. The zero-order valence-electron chi connectivity index (χ0n) is 15.2. The van der Waals surface area contributed by atoms with Crippen molar-refractivity contribution in [2.75, 3.05) is 18.1 Å². The van der Waals surface area contributed by atoms with Crippen LogP contribution in [-0.2, 0) is 11.2 Å². The minimum atomic E-state index is -0.357. The van der Waals surface area contributed by atoms with Gasteiger partial charge in [0.05, 0.1) is 22.9 Å². The summed E-state index contributed by atoms with van der Waals surface area (Å²) in [5.41, 5.74) is 2.56. The zero-order valence-corrected chi connectivity index (χ0v) is 16.0. The molecule has 1 aliphatic rings. The Kier molecular flexibility index (Phi) is 5.18. The van der Waals surface area contributed by atoms with Crippen molar-refractivity contribution < 1.29 is 13.9 Å². The number of anilines is 1. The molecule has 0 aliphatic carbocycles. The van der Waals surface area contributed by atoms with Crippen LogP contribution in [0.1, 0.15) is 35.7 Å². The Bertz CT molecular complexity index is 948. The van der Waals surface area contributed by atoms with Crippen molar-refractivity contribution in [3.63, 3.8) is 0 Å². The fourth-order valence-corrected chi connectivity index (χ4v) is 4.40. The molecule has 1 saturated heterocycles. The zero-order chi connectivity index (χ0) is 18.8. The summed E-state index contributed by atoms with van der Waals surface area (Å²) in [6.07, 6.45) is 2.83. The quantitative estimate of drug-likeness (QED) is 0.633. The average molecular weight is 384 g/mol. The molecule has 4 nitrogen and oxygen atoms in total. The van der Waals surface area contributed by atoms with Crippen molar-refractivity contribution in [3.05, 3.63) is 59.4 Å². The van der Waals surface area contributed by atoms with E-state index in [1.807, 2.05) is 12.1 Å². The number of rotatable bonds is 5. The molecule has 1 amide bonds. The number of carbonyl (C=O) groups excluding carboxylic acids is 1. The molecular formula is C21H21FN2O2S. The largest absolute Gasteiger partial charge is 0.376 e. The number of hydrogen-bond donors (Lipinski definition) is 0. The van der Waals surface area contributed by atoms with Crippen molar-refractivity contribution in [1.82, 2.24) is 4.98 Å². The molecule has 3 aromatic rings. The number of para-hydroxylation sites is 1. The maximum Gasteiger partial charge on any atom is 0.260 e. The number of nitrogens with zero attached hydrogens (tertiary/aromatic N) is 2. The lowest BCUT2D eigenvalue weighted by atomic mass is 10.1. The third-order valence-corrected chi connectivity index (χ3v) is 5.89. The molecule has 0 radical (unpaired) electrons. The van der Waals surface area contributed by atoms with Crippen molar-refractivity contribution >= 4 is 32.6 Å². The van der Waals surface area contributed by atoms with Gasteiger partial charge < -0.3 is 4.74 Å². The van der Waals surface area contributed by atoms with Crippen LogP contribution in [0.25, 0.3) is 10.2 Å². The van der Waals surface area contributed by atoms with Gasteiger partial charge in [0.25, 0.3) is 5.91 Å². The Hall–Kier alpha value is -2.31. The summed E-state index contributed by atoms with van der Waals surface area (Å²) in [5, 5.41) is 0.663. The SMILES string of the molecule is CCc1cccc2sc(N(CC3CCCO3)C(=O)c3ccc(F)cc3)nc12. The lowest BCUT2D eigenvalue weighted by Crippen LogP contribution is -2.37. The number of halogens is 1. The molecule has 2 aromatic carbocycles. The van der Waals surface area contributed by atoms with E-state index in [1.165, 1.54) is 41.2 Å². The number of ether oxygens (including phenoxy) is 1. The number of carbonyl (C=O) groups is 1. The molecule has 1 aliphatic heterocycles. The van der Waals surface area contributed by atoms with E-state index in [1.54, 1.807) is 4.90 Å². The Labute approximate surface area is 161 Å². The monoisotopic (exact) mass is 384 g/mol. The maximum atomic E-state index is 13.3. The molecule has 4 rings (SSSR count). The fraction of sp³-hybridized carbons (Fsp3) is 0.333. The lowest BCUT2D eigenvalue weighted by molar-refractivity contribution is 0.0917. The second-order valence-electron chi connectivity index (χ2n) is 6.67. The molecule has 6 heteroatoms. The highest BCUT2D eigenvalue weighted by atomic mass is 32.1.